The van der Waals surface area contributed by atoms with Gasteiger partial charge < -0.3 is 4.90 Å². The second-order valence-electron chi connectivity index (χ2n) is 4.29. The fraction of sp³-hybridized carbons (Fsp3) is 0.462. The molecule has 0 aromatic heterocycles. The van der Waals surface area contributed by atoms with Crippen LogP contribution >= 0.6 is 0 Å². The summed E-state index contributed by atoms with van der Waals surface area (Å²) in [5, 5.41) is 0. The van der Waals surface area contributed by atoms with E-state index < -0.39 is 0 Å². The van der Waals surface area contributed by atoms with Gasteiger partial charge in [-0.1, -0.05) is 19.1 Å². The Bertz CT molecular complexity index is 398. The van der Waals surface area contributed by atoms with E-state index in [4.69, 9.17) is 0 Å². The van der Waals surface area contributed by atoms with Crippen LogP contribution in [0.5, 0.6) is 0 Å². The maximum Gasteiger partial charge on any atom is 0.254 e. The fourth-order valence-corrected chi connectivity index (χ4v) is 2.09. The molecule has 0 radical (unpaired) electrons. The van der Waals surface area contributed by atoms with Gasteiger partial charge >= 0.3 is 0 Å². The molecule has 1 aliphatic heterocycles. The van der Waals surface area contributed by atoms with Crippen molar-refractivity contribution in [3.05, 3.63) is 34.9 Å². The van der Waals surface area contributed by atoms with Crippen LogP contribution < -0.4 is 0 Å². The van der Waals surface area contributed by atoms with Crippen LogP contribution in [-0.2, 0) is 6.54 Å². The zero-order valence-corrected chi connectivity index (χ0v) is 9.58. The molecule has 0 saturated carbocycles. The third-order valence-corrected chi connectivity index (χ3v) is 3.35. The first kappa shape index (κ1) is 10.2. The summed E-state index contributed by atoms with van der Waals surface area (Å²) in [5.41, 5.74) is 3.34. The molecule has 1 aromatic carbocycles. The zero-order chi connectivity index (χ0) is 11.0. The van der Waals surface area contributed by atoms with Gasteiger partial charge in [-0.2, -0.15) is 0 Å². The number of fused-ring (bicyclic) bond motifs is 1. The molecule has 1 aromatic rings. The van der Waals surface area contributed by atoms with Crippen LogP contribution in [0.4, 0.5) is 0 Å². The van der Waals surface area contributed by atoms with E-state index >= 15 is 0 Å². The van der Waals surface area contributed by atoms with E-state index in [1.165, 1.54) is 11.1 Å². The van der Waals surface area contributed by atoms with Gasteiger partial charge in [0.25, 0.3) is 5.91 Å². The Balaban J connectivity index is 2.37. The lowest BCUT2D eigenvalue weighted by atomic mass is 10.1. The molecule has 1 atom stereocenters. The first-order valence-electron chi connectivity index (χ1n) is 5.54. The van der Waals surface area contributed by atoms with Crippen LogP contribution in [0, 0.1) is 6.92 Å². The number of amides is 1. The largest absolute Gasteiger partial charge is 0.332 e. The van der Waals surface area contributed by atoms with Crippen LogP contribution in [-0.4, -0.2) is 16.8 Å². The Morgan fingerprint density at radius 1 is 1.47 bits per heavy atom. The molecular weight excluding hydrogens is 186 g/mol. The molecule has 0 N–H and O–H groups in total. The number of nitrogens with zero attached hydrogens (tertiary/aromatic N) is 1. The minimum atomic E-state index is 0.197. The fourth-order valence-electron chi connectivity index (χ4n) is 2.09. The molecule has 1 amide bonds. The smallest absolute Gasteiger partial charge is 0.254 e. The van der Waals surface area contributed by atoms with Gasteiger partial charge in [0.2, 0.25) is 0 Å². The molecule has 1 aliphatic rings. The van der Waals surface area contributed by atoms with Crippen molar-refractivity contribution in [1.82, 2.24) is 4.90 Å². The minimum Gasteiger partial charge on any atom is -0.332 e. The first-order chi connectivity index (χ1) is 7.15. The summed E-state index contributed by atoms with van der Waals surface area (Å²) in [4.78, 5) is 14.0. The van der Waals surface area contributed by atoms with E-state index in [-0.39, 0.29) is 5.91 Å². The highest BCUT2D eigenvalue weighted by molar-refractivity contribution is 5.98. The molecule has 1 unspecified atom stereocenters. The molecule has 2 nitrogen and oxygen atoms in total. The highest BCUT2D eigenvalue weighted by Gasteiger charge is 2.30. The van der Waals surface area contributed by atoms with Gasteiger partial charge in [-0.3, -0.25) is 4.79 Å². The maximum atomic E-state index is 12.1. The Kier molecular flexibility index (Phi) is 2.51. The first-order valence-corrected chi connectivity index (χ1v) is 5.54. The van der Waals surface area contributed by atoms with E-state index in [0.29, 0.717) is 6.04 Å². The van der Waals surface area contributed by atoms with Gasteiger partial charge in [0.1, 0.15) is 0 Å². The number of benzene rings is 1. The van der Waals surface area contributed by atoms with Crippen molar-refractivity contribution in [2.24, 2.45) is 0 Å². The molecule has 0 saturated heterocycles. The van der Waals surface area contributed by atoms with Crippen LogP contribution in [0.15, 0.2) is 18.2 Å². The summed E-state index contributed by atoms with van der Waals surface area (Å²) >= 11 is 0. The normalized spacial score (nSPS) is 16.7. The van der Waals surface area contributed by atoms with Gasteiger partial charge in [-0.05, 0) is 37.5 Å². The van der Waals surface area contributed by atoms with Gasteiger partial charge in [-0.15, -0.1) is 0 Å². The van der Waals surface area contributed by atoms with E-state index in [1.807, 2.05) is 17.0 Å². The summed E-state index contributed by atoms with van der Waals surface area (Å²) in [6.45, 7) is 7.09. The minimum absolute atomic E-state index is 0.197. The van der Waals surface area contributed by atoms with E-state index in [0.717, 1.165) is 18.5 Å². The summed E-state index contributed by atoms with van der Waals surface area (Å²) < 4.78 is 0. The third-order valence-electron chi connectivity index (χ3n) is 3.35. The number of rotatable bonds is 2. The summed E-state index contributed by atoms with van der Waals surface area (Å²) in [7, 11) is 0. The average molecular weight is 203 g/mol. The Morgan fingerprint density at radius 3 is 2.80 bits per heavy atom. The average Bonchev–Trinajstić information content (AvgIpc) is 2.57. The van der Waals surface area contributed by atoms with Crippen molar-refractivity contribution in [3.63, 3.8) is 0 Å². The number of hydrogen-bond acceptors (Lipinski definition) is 1. The van der Waals surface area contributed by atoms with Gasteiger partial charge in [0.15, 0.2) is 0 Å². The highest BCUT2D eigenvalue weighted by atomic mass is 16.2. The van der Waals surface area contributed by atoms with Crippen molar-refractivity contribution in [2.75, 3.05) is 0 Å². The summed E-state index contributed by atoms with van der Waals surface area (Å²) in [6, 6.07) is 6.31. The van der Waals surface area contributed by atoms with Crippen LogP contribution in [0.1, 0.15) is 41.8 Å². The number of carbonyl (C=O) groups excluding carboxylic acids is 1. The van der Waals surface area contributed by atoms with E-state index in [9.17, 15) is 4.79 Å². The number of hydrogen-bond donors (Lipinski definition) is 0. The van der Waals surface area contributed by atoms with Crippen molar-refractivity contribution in [3.8, 4) is 0 Å². The highest BCUT2D eigenvalue weighted by Crippen LogP contribution is 2.27. The standard InChI is InChI=1S/C13H17NO/c1-4-10(3)14-8-12-9(2)6-5-7-11(12)13(14)15/h5-7,10H,4,8H2,1-3H3. The quantitative estimate of drug-likeness (QED) is 0.723. The molecule has 1 heterocycles. The Morgan fingerprint density at radius 2 is 2.20 bits per heavy atom. The Labute approximate surface area is 90.9 Å². The predicted molar refractivity (Wildman–Crippen MR) is 60.8 cm³/mol. The monoisotopic (exact) mass is 203 g/mol. The zero-order valence-electron chi connectivity index (χ0n) is 9.58. The Hall–Kier alpha value is -1.31. The lowest BCUT2D eigenvalue weighted by molar-refractivity contribution is 0.0713. The summed E-state index contributed by atoms with van der Waals surface area (Å²) in [5.74, 6) is 0.197. The second-order valence-corrected chi connectivity index (χ2v) is 4.29. The molecule has 15 heavy (non-hydrogen) atoms. The van der Waals surface area contributed by atoms with Crippen LogP contribution in [0.25, 0.3) is 0 Å². The molecule has 2 rings (SSSR count). The predicted octanol–water partition coefficient (Wildman–Crippen LogP) is 2.75. The molecule has 2 heteroatoms. The topological polar surface area (TPSA) is 20.3 Å². The van der Waals surface area contributed by atoms with E-state index in [2.05, 4.69) is 26.8 Å². The number of carbonyl (C=O) groups is 1. The van der Waals surface area contributed by atoms with E-state index in [1.54, 1.807) is 0 Å². The molecular formula is C13H17NO. The third kappa shape index (κ3) is 1.54. The van der Waals surface area contributed by atoms with Crippen molar-refractivity contribution in [1.29, 1.82) is 0 Å². The van der Waals surface area contributed by atoms with Gasteiger partial charge in [0, 0.05) is 18.2 Å². The van der Waals surface area contributed by atoms with Gasteiger partial charge in [0.05, 0.1) is 0 Å². The van der Waals surface area contributed by atoms with Crippen molar-refractivity contribution < 1.29 is 4.79 Å². The van der Waals surface area contributed by atoms with Gasteiger partial charge in [-0.25, -0.2) is 0 Å². The molecule has 0 bridgehead atoms. The van der Waals surface area contributed by atoms with Crippen LogP contribution in [0.3, 0.4) is 0 Å². The SMILES string of the molecule is CCC(C)N1Cc2c(C)cccc2C1=O. The molecule has 0 spiro atoms. The molecule has 80 valence electrons. The maximum absolute atomic E-state index is 12.1. The molecule has 0 aliphatic carbocycles. The van der Waals surface area contributed by atoms with Crippen molar-refractivity contribution >= 4 is 5.91 Å². The summed E-state index contributed by atoms with van der Waals surface area (Å²) in [6.07, 6.45) is 1.01. The van der Waals surface area contributed by atoms with Crippen LogP contribution in [0.2, 0.25) is 0 Å². The number of aryl methyl sites for hydroxylation is 1. The lowest BCUT2D eigenvalue weighted by Gasteiger charge is -2.22. The van der Waals surface area contributed by atoms with Crippen molar-refractivity contribution in [2.45, 2.75) is 39.8 Å². The lowest BCUT2D eigenvalue weighted by Crippen LogP contribution is -2.32. The molecule has 0 fully saturated rings. The second kappa shape index (κ2) is 3.69.